The lowest BCUT2D eigenvalue weighted by Crippen LogP contribution is -2.32. The summed E-state index contributed by atoms with van der Waals surface area (Å²) in [6.07, 6.45) is 0. The van der Waals surface area contributed by atoms with Gasteiger partial charge in [-0.25, -0.2) is 13.7 Å². The maximum atomic E-state index is 13.9. The molecule has 0 fully saturated rings. The van der Waals surface area contributed by atoms with Gasteiger partial charge in [-0.2, -0.15) is 0 Å². The van der Waals surface area contributed by atoms with Crippen LogP contribution in [0.25, 0.3) is 5.57 Å². The van der Waals surface area contributed by atoms with Crippen molar-refractivity contribution < 1.29 is 32.6 Å². The largest absolute Gasteiger partial charge is 0.497 e. The van der Waals surface area contributed by atoms with Crippen LogP contribution >= 0.6 is 0 Å². The van der Waals surface area contributed by atoms with Gasteiger partial charge >= 0.3 is 0 Å². The van der Waals surface area contributed by atoms with Gasteiger partial charge in [-0.15, -0.1) is 0 Å². The Balaban J connectivity index is 1.58. The van der Waals surface area contributed by atoms with Gasteiger partial charge in [0.25, 0.3) is 11.8 Å². The van der Waals surface area contributed by atoms with E-state index in [1.54, 1.807) is 42.5 Å². The average molecular weight is 464 g/mol. The van der Waals surface area contributed by atoms with Gasteiger partial charge in [0.2, 0.25) is 0 Å². The number of nitrogens with zero attached hydrogens (tertiary/aromatic N) is 1. The van der Waals surface area contributed by atoms with Gasteiger partial charge in [0, 0.05) is 17.8 Å². The Morgan fingerprint density at radius 3 is 2.29 bits per heavy atom. The molecule has 2 heterocycles. The van der Waals surface area contributed by atoms with Crippen LogP contribution in [-0.4, -0.2) is 32.1 Å². The van der Waals surface area contributed by atoms with E-state index in [2.05, 4.69) is 5.32 Å². The second-order valence-corrected chi connectivity index (χ2v) is 7.51. The average Bonchev–Trinajstić information content (AvgIpc) is 3.10. The first-order chi connectivity index (χ1) is 16.5. The standard InChI is InChI=1S/C25H18F2N2O5/c1-32-17-6-2-14(3-7-17)22-23(28-15-4-9-20-21(12-15)34-11-10-33-20)25(31)29(24(22)30)16-5-8-18(26)19(27)13-16/h2-9,12-13,28H,10-11H2,1H3. The van der Waals surface area contributed by atoms with Crippen LogP contribution in [0.1, 0.15) is 5.56 Å². The summed E-state index contributed by atoms with van der Waals surface area (Å²) in [6, 6.07) is 14.5. The van der Waals surface area contributed by atoms with Crippen molar-refractivity contribution in [2.24, 2.45) is 0 Å². The van der Waals surface area contributed by atoms with Gasteiger partial charge in [0.05, 0.1) is 18.4 Å². The third kappa shape index (κ3) is 3.71. The molecule has 0 bridgehead atoms. The third-order valence-corrected chi connectivity index (χ3v) is 5.44. The van der Waals surface area contributed by atoms with Gasteiger partial charge in [-0.3, -0.25) is 9.59 Å². The van der Waals surface area contributed by atoms with Crippen LogP contribution in [0.4, 0.5) is 20.2 Å². The number of ether oxygens (including phenoxy) is 3. The molecule has 0 aromatic heterocycles. The molecule has 0 saturated heterocycles. The molecule has 3 aromatic rings. The van der Waals surface area contributed by atoms with Crippen molar-refractivity contribution >= 4 is 28.8 Å². The first kappa shape index (κ1) is 21.4. The molecule has 2 aliphatic heterocycles. The third-order valence-electron chi connectivity index (χ3n) is 5.44. The van der Waals surface area contributed by atoms with E-state index in [0.717, 1.165) is 17.0 Å². The summed E-state index contributed by atoms with van der Waals surface area (Å²) >= 11 is 0. The molecule has 0 spiro atoms. The Morgan fingerprint density at radius 1 is 0.853 bits per heavy atom. The zero-order chi connectivity index (χ0) is 23.8. The number of nitrogens with one attached hydrogen (secondary N) is 1. The van der Waals surface area contributed by atoms with Crippen LogP contribution in [0, 0.1) is 11.6 Å². The monoisotopic (exact) mass is 464 g/mol. The van der Waals surface area contributed by atoms with E-state index in [4.69, 9.17) is 14.2 Å². The Bertz CT molecular complexity index is 1340. The van der Waals surface area contributed by atoms with E-state index in [0.29, 0.717) is 41.7 Å². The molecule has 0 radical (unpaired) electrons. The molecule has 2 aliphatic rings. The number of hydrogen-bond donors (Lipinski definition) is 1. The normalized spacial score (nSPS) is 15.1. The maximum absolute atomic E-state index is 13.9. The number of anilines is 2. The number of benzene rings is 3. The topological polar surface area (TPSA) is 77.1 Å². The van der Waals surface area contributed by atoms with Crippen LogP contribution in [-0.2, 0) is 9.59 Å². The van der Waals surface area contributed by atoms with E-state index in [9.17, 15) is 18.4 Å². The summed E-state index contributed by atoms with van der Waals surface area (Å²) < 4.78 is 43.7. The first-order valence-corrected chi connectivity index (χ1v) is 10.4. The summed E-state index contributed by atoms with van der Waals surface area (Å²) in [4.78, 5) is 27.6. The van der Waals surface area contributed by atoms with Crippen molar-refractivity contribution in [2.45, 2.75) is 0 Å². The van der Waals surface area contributed by atoms with Crippen molar-refractivity contribution in [3.05, 3.63) is 83.6 Å². The van der Waals surface area contributed by atoms with Gasteiger partial charge in [0.15, 0.2) is 23.1 Å². The van der Waals surface area contributed by atoms with E-state index in [-0.39, 0.29) is 17.0 Å². The smallest absolute Gasteiger partial charge is 0.282 e. The van der Waals surface area contributed by atoms with Crippen LogP contribution in [0.15, 0.2) is 66.4 Å². The summed E-state index contributed by atoms with van der Waals surface area (Å²) in [6.45, 7) is 0.820. The SMILES string of the molecule is COc1ccc(C2=C(Nc3ccc4c(c3)OCCO4)C(=O)N(c3ccc(F)c(F)c3)C2=O)cc1. The highest BCUT2D eigenvalue weighted by molar-refractivity contribution is 6.46. The van der Waals surface area contributed by atoms with Gasteiger partial charge in [-0.05, 0) is 42.0 Å². The lowest BCUT2D eigenvalue weighted by atomic mass is 10.0. The van der Waals surface area contributed by atoms with E-state index < -0.39 is 23.4 Å². The molecule has 34 heavy (non-hydrogen) atoms. The minimum Gasteiger partial charge on any atom is -0.497 e. The van der Waals surface area contributed by atoms with E-state index in [1.165, 1.54) is 13.2 Å². The second kappa shape index (κ2) is 8.51. The fraction of sp³-hybridized carbons (Fsp3) is 0.120. The van der Waals surface area contributed by atoms with Crippen molar-refractivity contribution in [2.75, 3.05) is 30.5 Å². The molecular weight excluding hydrogens is 446 g/mol. The highest BCUT2D eigenvalue weighted by atomic mass is 19.2. The molecule has 0 atom stereocenters. The van der Waals surface area contributed by atoms with Crippen molar-refractivity contribution in [3.63, 3.8) is 0 Å². The highest BCUT2D eigenvalue weighted by Crippen LogP contribution is 2.37. The number of carbonyl (C=O) groups excluding carboxylic acids is 2. The molecule has 7 nitrogen and oxygen atoms in total. The molecule has 0 aliphatic carbocycles. The van der Waals surface area contributed by atoms with Gasteiger partial charge in [0.1, 0.15) is 24.7 Å². The summed E-state index contributed by atoms with van der Waals surface area (Å²) in [5, 5.41) is 3.01. The maximum Gasteiger partial charge on any atom is 0.282 e. The number of carbonyl (C=O) groups is 2. The fourth-order valence-electron chi connectivity index (χ4n) is 3.80. The molecule has 172 valence electrons. The molecular formula is C25H18F2N2O5. The lowest BCUT2D eigenvalue weighted by molar-refractivity contribution is -0.120. The molecule has 5 rings (SSSR count). The number of fused-ring (bicyclic) bond motifs is 1. The minimum absolute atomic E-state index is 0.0171. The summed E-state index contributed by atoms with van der Waals surface area (Å²) in [5.74, 6) is -2.01. The number of halogens is 2. The van der Waals surface area contributed by atoms with Crippen LogP contribution in [0.5, 0.6) is 17.2 Å². The zero-order valence-corrected chi connectivity index (χ0v) is 17.9. The Kier molecular flexibility index (Phi) is 5.37. The second-order valence-electron chi connectivity index (χ2n) is 7.51. The number of rotatable bonds is 5. The van der Waals surface area contributed by atoms with E-state index >= 15 is 0 Å². The Morgan fingerprint density at radius 2 is 1.59 bits per heavy atom. The molecule has 0 saturated carbocycles. The number of methoxy groups -OCH3 is 1. The predicted octanol–water partition coefficient (Wildman–Crippen LogP) is 4.14. The quantitative estimate of drug-likeness (QED) is 0.572. The minimum atomic E-state index is -1.17. The highest BCUT2D eigenvalue weighted by Gasteiger charge is 2.40. The van der Waals surface area contributed by atoms with E-state index in [1.807, 2.05) is 0 Å². The van der Waals surface area contributed by atoms with Crippen molar-refractivity contribution in [1.29, 1.82) is 0 Å². The summed E-state index contributed by atoms with van der Waals surface area (Å²) in [7, 11) is 1.51. The zero-order valence-electron chi connectivity index (χ0n) is 17.9. The number of imide groups is 1. The summed E-state index contributed by atoms with van der Waals surface area (Å²) in [5.41, 5.74) is 0.908. The Hall–Kier alpha value is -4.40. The number of hydrogen-bond acceptors (Lipinski definition) is 6. The fourth-order valence-corrected chi connectivity index (χ4v) is 3.80. The predicted molar refractivity (Wildman–Crippen MR) is 120 cm³/mol. The molecule has 3 aromatic carbocycles. The molecule has 2 amide bonds. The molecule has 0 unspecified atom stereocenters. The number of amides is 2. The lowest BCUT2D eigenvalue weighted by Gasteiger charge is -2.19. The molecule has 9 heteroatoms. The van der Waals surface area contributed by atoms with Crippen LogP contribution < -0.4 is 24.4 Å². The van der Waals surface area contributed by atoms with Crippen molar-refractivity contribution in [3.8, 4) is 17.2 Å². The van der Waals surface area contributed by atoms with Crippen LogP contribution in [0.3, 0.4) is 0 Å². The van der Waals surface area contributed by atoms with Crippen molar-refractivity contribution in [1.82, 2.24) is 0 Å². The first-order valence-electron chi connectivity index (χ1n) is 10.4. The van der Waals surface area contributed by atoms with Crippen LogP contribution in [0.2, 0.25) is 0 Å². The van der Waals surface area contributed by atoms with Gasteiger partial charge < -0.3 is 19.5 Å². The Labute approximate surface area is 193 Å². The molecule has 1 N–H and O–H groups in total. The van der Waals surface area contributed by atoms with Gasteiger partial charge in [-0.1, -0.05) is 12.1 Å².